The van der Waals surface area contributed by atoms with Gasteiger partial charge >= 0.3 is 10.2 Å². The molecule has 0 bridgehead atoms. The Labute approximate surface area is 154 Å². The van der Waals surface area contributed by atoms with Gasteiger partial charge < -0.3 is 10.2 Å². The van der Waals surface area contributed by atoms with Crippen LogP contribution in [0.25, 0.3) is 0 Å². The second-order valence-corrected chi connectivity index (χ2v) is 8.29. The van der Waals surface area contributed by atoms with Gasteiger partial charge in [-0.3, -0.25) is 9.52 Å². The largest absolute Gasteiger partial charge is 0.347 e. The summed E-state index contributed by atoms with van der Waals surface area (Å²) in [7, 11) is -3.66. The highest BCUT2D eigenvalue weighted by Crippen LogP contribution is 2.16. The van der Waals surface area contributed by atoms with E-state index in [0.717, 1.165) is 26.1 Å². The fourth-order valence-corrected chi connectivity index (χ4v) is 4.61. The Bertz CT molecular complexity index is 846. The van der Waals surface area contributed by atoms with Crippen LogP contribution in [0.4, 0.5) is 0 Å². The summed E-state index contributed by atoms with van der Waals surface area (Å²) >= 11 is 0. The number of likely N-dealkylation sites (tertiary alicyclic amines) is 1. The number of amides is 1. The molecule has 140 valence electrons. The Morgan fingerprint density at radius 1 is 1.31 bits per heavy atom. The molecule has 0 saturated carbocycles. The number of nitrogens with zero attached hydrogens (tertiary/aromatic N) is 1. The van der Waals surface area contributed by atoms with E-state index in [9.17, 15) is 13.2 Å². The van der Waals surface area contributed by atoms with Crippen LogP contribution in [-0.2, 0) is 21.5 Å². The Kier molecular flexibility index (Phi) is 5.43. The second-order valence-electron chi connectivity index (χ2n) is 6.95. The molecule has 1 saturated heterocycles. The van der Waals surface area contributed by atoms with Gasteiger partial charge in [0, 0.05) is 23.3 Å². The zero-order chi connectivity index (χ0) is 18.7. The minimum Gasteiger partial charge on any atom is -0.347 e. The molecule has 1 aromatic carbocycles. The number of rotatable bonds is 5. The summed E-state index contributed by atoms with van der Waals surface area (Å²) in [5.74, 6) is -0.0963. The van der Waals surface area contributed by atoms with E-state index in [1.54, 1.807) is 13.8 Å². The first-order chi connectivity index (χ1) is 12.3. The molecule has 8 heteroatoms. The number of nitrogens with one attached hydrogen (secondary N) is 3. The van der Waals surface area contributed by atoms with E-state index in [0.29, 0.717) is 17.0 Å². The molecule has 0 radical (unpaired) electrons. The average Bonchev–Trinajstić information content (AvgIpc) is 2.98. The van der Waals surface area contributed by atoms with E-state index in [1.165, 1.54) is 10.5 Å². The minimum atomic E-state index is -3.66. The number of carbonyl (C=O) groups excluding carboxylic acids is 1. The molecule has 0 aromatic heterocycles. The van der Waals surface area contributed by atoms with Crippen molar-refractivity contribution in [2.45, 2.75) is 39.3 Å². The van der Waals surface area contributed by atoms with Crippen LogP contribution in [-0.4, -0.2) is 39.2 Å². The summed E-state index contributed by atoms with van der Waals surface area (Å²) in [5, 5.41) is 3.08. The second kappa shape index (κ2) is 7.59. The Balaban J connectivity index is 1.52. The highest BCUT2D eigenvalue weighted by Gasteiger charge is 2.28. The van der Waals surface area contributed by atoms with Crippen LogP contribution in [0, 0.1) is 0 Å². The maximum absolute atomic E-state index is 12.4. The molecule has 3 N–H and O–H groups in total. The van der Waals surface area contributed by atoms with Crippen LogP contribution in [0.1, 0.15) is 32.3 Å². The van der Waals surface area contributed by atoms with E-state index in [4.69, 9.17) is 0 Å². The molecule has 2 aliphatic rings. The molecule has 1 amide bonds. The van der Waals surface area contributed by atoms with Crippen molar-refractivity contribution >= 4 is 21.8 Å². The smallest absolute Gasteiger partial charge is 0.342 e. The van der Waals surface area contributed by atoms with E-state index in [-0.39, 0.29) is 18.4 Å². The fraction of sp³-hybridized carbons (Fsp3) is 0.444. The molecular formula is C18H25N4O3S+. The predicted octanol–water partition coefficient (Wildman–Crippen LogP) is -0.0670. The van der Waals surface area contributed by atoms with Crippen LogP contribution in [0.3, 0.4) is 0 Å². The van der Waals surface area contributed by atoms with Gasteiger partial charge in [0.05, 0.1) is 31.3 Å². The van der Waals surface area contributed by atoms with Crippen molar-refractivity contribution in [3.8, 4) is 0 Å². The van der Waals surface area contributed by atoms with Crippen molar-refractivity contribution in [1.82, 2.24) is 10.0 Å². The van der Waals surface area contributed by atoms with Gasteiger partial charge in [-0.05, 0) is 13.8 Å². The van der Waals surface area contributed by atoms with Crippen LogP contribution in [0.15, 0.2) is 46.0 Å². The van der Waals surface area contributed by atoms with Gasteiger partial charge in [-0.25, -0.2) is 0 Å². The van der Waals surface area contributed by atoms with Crippen LogP contribution in [0.5, 0.6) is 0 Å². The third-order valence-electron chi connectivity index (χ3n) is 4.81. The topological polar surface area (TPSA) is 92.1 Å². The lowest BCUT2D eigenvalue weighted by molar-refractivity contribution is -0.901. The highest BCUT2D eigenvalue weighted by atomic mass is 32.2. The van der Waals surface area contributed by atoms with E-state index < -0.39 is 10.2 Å². The lowest BCUT2D eigenvalue weighted by Crippen LogP contribution is -3.09. The van der Waals surface area contributed by atoms with Gasteiger partial charge in [0.2, 0.25) is 5.91 Å². The van der Waals surface area contributed by atoms with Gasteiger partial charge in [-0.1, -0.05) is 30.3 Å². The van der Waals surface area contributed by atoms with Crippen LogP contribution >= 0.6 is 0 Å². The molecule has 7 nitrogen and oxygen atoms in total. The van der Waals surface area contributed by atoms with Crippen molar-refractivity contribution in [1.29, 1.82) is 0 Å². The summed E-state index contributed by atoms with van der Waals surface area (Å²) in [6.07, 6.45) is 1.08. The Morgan fingerprint density at radius 2 is 2.04 bits per heavy atom. The number of carbonyl (C=O) groups is 1. The first kappa shape index (κ1) is 18.6. The minimum absolute atomic E-state index is 0.0963. The van der Waals surface area contributed by atoms with E-state index in [2.05, 4.69) is 26.6 Å². The van der Waals surface area contributed by atoms with E-state index in [1.807, 2.05) is 18.2 Å². The quantitative estimate of drug-likeness (QED) is 0.671. The summed E-state index contributed by atoms with van der Waals surface area (Å²) in [6, 6.07) is 10.5. The third-order valence-corrected chi connectivity index (χ3v) is 5.89. The summed E-state index contributed by atoms with van der Waals surface area (Å²) in [6.45, 7) is 6.16. The molecule has 2 atom stereocenters. The first-order valence-corrected chi connectivity index (χ1v) is 10.2. The summed E-state index contributed by atoms with van der Waals surface area (Å²) < 4.78 is 29.0. The molecule has 1 fully saturated rings. The molecule has 1 aromatic rings. The first-order valence-electron chi connectivity index (χ1n) is 8.78. The number of quaternary nitrogens is 1. The number of benzene rings is 1. The van der Waals surface area contributed by atoms with Crippen LogP contribution < -0.4 is 14.9 Å². The monoisotopic (exact) mass is 377 g/mol. The van der Waals surface area contributed by atoms with Gasteiger partial charge in [-0.2, -0.15) is 8.42 Å². The molecule has 0 spiro atoms. The predicted molar refractivity (Wildman–Crippen MR) is 99.9 cm³/mol. The Hall–Kier alpha value is -2.19. The normalized spacial score (nSPS) is 24.8. The molecule has 26 heavy (non-hydrogen) atoms. The molecule has 1 unspecified atom stereocenters. The SMILES string of the molecule is CC1=NS(=O)(=O)NC(C)=C1CC(=O)N[C@H]1CC[NH+](Cc2ccccc2)C1. The van der Waals surface area contributed by atoms with Crippen molar-refractivity contribution in [3.05, 3.63) is 47.2 Å². The molecule has 0 aliphatic carbocycles. The summed E-state index contributed by atoms with van der Waals surface area (Å²) in [5.41, 5.74) is 2.79. The van der Waals surface area contributed by atoms with Crippen molar-refractivity contribution in [2.75, 3.05) is 13.1 Å². The van der Waals surface area contributed by atoms with Crippen molar-refractivity contribution < 1.29 is 18.1 Å². The van der Waals surface area contributed by atoms with Crippen LogP contribution in [0.2, 0.25) is 0 Å². The van der Waals surface area contributed by atoms with Crippen molar-refractivity contribution in [3.63, 3.8) is 0 Å². The van der Waals surface area contributed by atoms with Gasteiger partial charge in [0.15, 0.2) is 0 Å². The Morgan fingerprint density at radius 3 is 2.73 bits per heavy atom. The van der Waals surface area contributed by atoms with Gasteiger partial charge in [0.25, 0.3) is 0 Å². The van der Waals surface area contributed by atoms with Gasteiger partial charge in [0.1, 0.15) is 6.54 Å². The maximum atomic E-state index is 12.4. The zero-order valence-corrected chi connectivity index (χ0v) is 15.9. The molecule has 2 heterocycles. The zero-order valence-electron chi connectivity index (χ0n) is 15.1. The number of allylic oxidation sites excluding steroid dienone is 1. The standard InChI is InChI=1S/C18H24N4O3S/c1-13-17(14(2)21-26(24,25)20-13)10-18(23)19-16-8-9-22(12-16)11-15-6-4-3-5-7-15/h3-7,16,20H,8-12H2,1-2H3,(H,19,23)/p+1/t16-/m0/s1. The molecule has 2 aliphatic heterocycles. The highest BCUT2D eigenvalue weighted by molar-refractivity contribution is 7.88. The summed E-state index contributed by atoms with van der Waals surface area (Å²) in [4.78, 5) is 13.9. The average molecular weight is 377 g/mol. The maximum Gasteiger partial charge on any atom is 0.342 e. The lowest BCUT2D eigenvalue weighted by atomic mass is 10.1. The van der Waals surface area contributed by atoms with E-state index >= 15 is 0 Å². The molecular weight excluding hydrogens is 352 g/mol. The number of hydrogen-bond acceptors (Lipinski definition) is 3. The molecule has 3 rings (SSSR count). The lowest BCUT2D eigenvalue weighted by Gasteiger charge is -2.19. The number of hydrogen-bond donors (Lipinski definition) is 3. The fourth-order valence-electron chi connectivity index (χ4n) is 3.58. The van der Waals surface area contributed by atoms with Gasteiger partial charge in [-0.15, -0.1) is 4.40 Å². The third kappa shape index (κ3) is 4.70. The van der Waals surface area contributed by atoms with Crippen molar-refractivity contribution in [2.24, 2.45) is 4.40 Å².